The molecular weight excluding hydrogens is 380 g/mol. The molecule has 7 nitrogen and oxygen atoms in total. The number of carbonyl (C=O) groups is 1. The Morgan fingerprint density at radius 1 is 1.11 bits per heavy atom. The van der Waals surface area contributed by atoms with E-state index in [0.717, 1.165) is 12.8 Å². The van der Waals surface area contributed by atoms with Crippen molar-refractivity contribution in [3.8, 4) is 11.5 Å². The average Bonchev–Trinajstić information content (AvgIpc) is 2.92. The van der Waals surface area contributed by atoms with Gasteiger partial charge in [-0.05, 0) is 37.6 Å². The lowest BCUT2D eigenvalue weighted by Crippen LogP contribution is -2.32. The molecule has 0 bridgehead atoms. The van der Waals surface area contributed by atoms with E-state index in [4.69, 9.17) is 9.47 Å². The van der Waals surface area contributed by atoms with E-state index < -0.39 is 10.0 Å². The smallest absolute Gasteiger partial charge is 0.262 e. The number of hydrogen-bond acceptors (Lipinski definition) is 5. The molecule has 1 unspecified atom stereocenters. The van der Waals surface area contributed by atoms with Crippen molar-refractivity contribution in [1.82, 2.24) is 5.32 Å². The summed E-state index contributed by atoms with van der Waals surface area (Å²) in [5.74, 6) is 0.583. The molecule has 2 N–H and O–H groups in total. The van der Waals surface area contributed by atoms with E-state index >= 15 is 0 Å². The molecule has 150 valence electrons. The van der Waals surface area contributed by atoms with Gasteiger partial charge in [-0.25, -0.2) is 8.42 Å². The number of sulfonamides is 1. The monoisotopic (exact) mass is 404 g/mol. The summed E-state index contributed by atoms with van der Waals surface area (Å²) >= 11 is 0. The number of ether oxygens (including phenoxy) is 2. The third-order valence-electron chi connectivity index (χ3n) is 4.44. The van der Waals surface area contributed by atoms with E-state index in [2.05, 4.69) is 10.0 Å². The summed E-state index contributed by atoms with van der Waals surface area (Å²) in [4.78, 5) is 12.5. The number of fused-ring (bicyclic) bond motifs is 1. The standard InChI is InChI=1S/C20H24N2O5S/c1-3-14(2)21-20(23)16-7-4-5-8-17(16)22-28(24,25)15-9-10-18-19(13-15)27-12-6-11-26-18/h4-5,7-10,13-14,22H,3,6,11-12H2,1-2H3,(H,21,23). The first-order valence-electron chi connectivity index (χ1n) is 9.23. The Labute approximate surface area is 165 Å². The average molecular weight is 404 g/mol. The molecule has 2 aromatic rings. The number of benzene rings is 2. The number of amides is 1. The second-order valence-corrected chi connectivity index (χ2v) is 8.28. The molecule has 1 atom stereocenters. The van der Waals surface area contributed by atoms with Crippen molar-refractivity contribution in [3.63, 3.8) is 0 Å². The third kappa shape index (κ3) is 4.56. The van der Waals surface area contributed by atoms with Crippen LogP contribution in [0, 0.1) is 0 Å². The maximum Gasteiger partial charge on any atom is 0.262 e. The Bertz CT molecular complexity index is 959. The summed E-state index contributed by atoms with van der Waals surface area (Å²) in [6.07, 6.45) is 1.50. The van der Waals surface area contributed by atoms with Crippen molar-refractivity contribution < 1.29 is 22.7 Å². The Kier molecular flexibility index (Phi) is 6.08. The predicted molar refractivity (Wildman–Crippen MR) is 107 cm³/mol. The van der Waals surface area contributed by atoms with Gasteiger partial charge in [0.1, 0.15) is 0 Å². The molecule has 0 aliphatic carbocycles. The molecule has 2 aromatic carbocycles. The summed E-state index contributed by atoms with van der Waals surface area (Å²) in [6, 6.07) is 11.0. The molecule has 0 saturated carbocycles. The van der Waals surface area contributed by atoms with Crippen LogP contribution >= 0.6 is 0 Å². The molecule has 1 aliphatic heterocycles. The minimum Gasteiger partial charge on any atom is -0.490 e. The molecule has 0 aromatic heterocycles. The van der Waals surface area contributed by atoms with Gasteiger partial charge in [0.25, 0.3) is 15.9 Å². The molecular formula is C20H24N2O5S. The maximum atomic E-state index is 12.9. The highest BCUT2D eigenvalue weighted by molar-refractivity contribution is 7.92. The molecule has 1 amide bonds. The van der Waals surface area contributed by atoms with Gasteiger partial charge in [0, 0.05) is 18.5 Å². The van der Waals surface area contributed by atoms with Gasteiger partial charge < -0.3 is 14.8 Å². The van der Waals surface area contributed by atoms with Gasteiger partial charge in [0.2, 0.25) is 0 Å². The Balaban J connectivity index is 1.87. The molecule has 28 heavy (non-hydrogen) atoms. The van der Waals surface area contributed by atoms with Crippen LogP contribution in [-0.4, -0.2) is 33.6 Å². The lowest BCUT2D eigenvalue weighted by atomic mass is 10.1. The zero-order valence-electron chi connectivity index (χ0n) is 15.9. The number of nitrogens with one attached hydrogen (secondary N) is 2. The lowest BCUT2D eigenvalue weighted by Gasteiger charge is -2.16. The first-order chi connectivity index (χ1) is 13.4. The van der Waals surface area contributed by atoms with Gasteiger partial charge in [-0.15, -0.1) is 0 Å². The van der Waals surface area contributed by atoms with Gasteiger partial charge in [-0.2, -0.15) is 0 Å². The van der Waals surface area contributed by atoms with Gasteiger partial charge >= 0.3 is 0 Å². The molecule has 0 fully saturated rings. The fourth-order valence-corrected chi connectivity index (χ4v) is 3.78. The number of anilines is 1. The van der Waals surface area contributed by atoms with Gasteiger partial charge in [0.15, 0.2) is 11.5 Å². The number of para-hydroxylation sites is 1. The van der Waals surface area contributed by atoms with E-state index in [1.807, 2.05) is 13.8 Å². The minimum atomic E-state index is -3.91. The van der Waals surface area contributed by atoms with Crippen molar-refractivity contribution in [2.45, 2.75) is 37.6 Å². The van der Waals surface area contributed by atoms with Crippen molar-refractivity contribution in [2.75, 3.05) is 17.9 Å². The van der Waals surface area contributed by atoms with E-state index in [9.17, 15) is 13.2 Å². The van der Waals surface area contributed by atoms with Gasteiger partial charge in [0.05, 0.1) is 29.4 Å². The van der Waals surface area contributed by atoms with Crippen LogP contribution in [0.5, 0.6) is 11.5 Å². The SMILES string of the molecule is CCC(C)NC(=O)c1ccccc1NS(=O)(=O)c1ccc2c(c1)OCCCO2. The van der Waals surface area contributed by atoms with Crippen molar-refractivity contribution in [1.29, 1.82) is 0 Å². The number of carbonyl (C=O) groups excluding carboxylic acids is 1. The van der Waals surface area contributed by atoms with Crippen LogP contribution in [-0.2, 0) is 10.0 Å². The van der Waals surface area contributed by atoms with Crippen LogP contribution < -0.4 is 19.5 Å². The summed E-state index contributed by atoms with van der Waals surface area (Å²) in [7, 11) is -3.91. The van der Waals surface area contributed by atoms with Crippen LogP contribution in [0.2, 0.25) is 0 Å². The Hall–Kier alpha value is -2.74. The quantitative estimate of drug-likeness (QED) is 0.771. The zero-order chi connectivity index (χ0) is 20.1. The van der Waals surface area contributed by atoms with E-state index in [0.29, 0.717) is 24.7 Å². The molecule has 3 rings (SSSR count). The molecule has 1 heterocycles. The third-order valence-corrected chi connectivity index (χ3v) is 5.80. The molecule has 0 spiro atoms. The van der Waals surface area contributed by atoms with Crippen LogP contribution in [0.4, 0.5) is 5.69 Å². The fourth-order valence-electron chi connectivity index (χ4n) is 2.69. The van der Waals surface area contributed by atoms with Crippen LogP contribution in [0.15, 0.2) is 47.4 Å². The summed E-state index contributed by atoms with van der Waals surface area (Å²) in [5.41, 5.74) is 0.483. The second-order valence-electron chi connectivity index (χ2n) is 6.59. The van der Waals surface area contributed by atoms with E-state index in [-0.39, 0.29) is 28.1 Å². The Morgan fingerprint density at radius 2 is 1.82 bits per heavy atom. The molecule has 0 saturated heterocycles. The molecule has 8 heteroatoms. The number of hydrogen-bond donors (Lipinski definition) is 2. The first kappa shape index (κ1) is 20.0. The highest BCUT2D eigenvalue weighted by atomic mass is 32.2. The largest absolute Gasteiger partial charge is 0.490 e. The number of rotatable bonds is 6. The summed E-state index contributed by atoms with van der Waals surface area (Å²) in [6.45, 7) is 4.84. The predicted octanol–water partition coefficient (Wildman–Crippen LogP) is 3.18. The van der Waals surface area contributed by atoms with E-state index in [1.54, 1.807) is 30.3 Å². The van der Waals surface area contributed by atoms with Gasteiger partial charge in [-0.1, -0.05) is 19.1 Å². The summed E-state index contributed by atoms with van der Waals surface area (Å²) in [5, 5.41) is 2.85. The van der Waals surface area contributed by atoms with Crippen molar-refractivity contribution >= 4 is 21.6 Å². The highest BCUT2D eigenvalue weighted by Crippen LogP contribution is 2.32. The summed E-state index contributed by atoms with van der Waals surface area (Å²) < 4.78 is 39.4. The van der Waals surface area contributed by atoms with Crippen molar-refractivity contribution in [3.05, 3.63) is 48.0 Å². The molecule has 0 radical (unpaired) electrons. The maximum absolute atomic E-state index is 12.9. The normalized spacial score (nSPS) is 14.6. The second kappa shape index (κ2) is 8.52. The van der Waals surface area contributed by atoms with Crippen LogP contribution in [0.1, 0.15) is 37.0 Å². The lowest BCUT2D eigenvalue weighted by molar-refractivity contribution is 0.0940. The zero-order valence-corrected chi connectivity index (χ0v) is 16.7. The van der Waals surface area contributed by atoms with Crippen molar-refractivity contribution in [2.24, 2.45) is 0 Å². The van der Waals surface area contributed by atoms with E-state index in [1.165, 1.54) is 12.1 Å². The highest BCUT2D eigenvalue weighted by Gasteiger charge is 2.21. The van der Waals surface area contributed by atoms with Crippen LogP contribution in [0.3, 0.4) is 0 Å². The van der Waals surface area contributed by atoms with Crippen LogP contribution in [0.25, 0.3) is 0 Å². The topological polar surface area (TPSA) is 93.7 Å². The molecule has 1 aliphatic rings. The van der Waals surface area contributed by atoms with Gasteiger partial charge in [-0.3, -0.25) is 9.52 Å². The minimum absolute atomic E-state index is 0.0149. The Morgan fingerprint density at radius 3 is 2.57 bits per heavy atom. The first-order valence-corrected chi connectivity index (χ1v) is 10.7. The fraction of sp³-hybridized carbons (Fsp3) is 0.350.